The summed E-state index contributed by atoms with van der Waals surface area (Å²) in [5.74, 6) is -0.300. The molecule has 0 unspecified atom stereocenters. The molecule has 4 nitrogen and oxygen atoms in total. The van der Waals surface area contributed by atoms with Crippen molar-refractivity contribution in [2.24, 2.45) is 0 Å². The SMILES string of the molecule is O=S(=O)(OC1=Cc2ccccc2NC1)C(F)(F)F. The van der Waals surface area contributed by atoms with E-state index in [1.807, 2.05) is 0 Å². The van der Waals surface area contributed by atoms with E-state index in [2.05, 4.69) is 9.50 Å². The largest absolute Gasteiger partial charge is 0.534 e. The van der Waals surface area contributed by atoms with Gasteiger partial charge in [-0.05, 0) is 12.1 Å². The van der Waals surface area contributed by atoms with Crippen LogP contribution in [0.3, 0.4) is 0 Å². The summed E-state index contributed by atoms with van der Waals surface area (Å²) in [5, 5.41) is 2.76. The molecule has 1 aromatic rings. The lowest BCUT2D eigenvalue weighted by atomic mass is 10.1. The second-order valence-corrected chi connectivity index (χ2v) is 5.07. The molecule has 0 atom stereocenters. The van der Waals surface area contributed by atoms with Gasteiger partial charge in [0, 0.05) is 11.3 Å². The lowest BCUT2D eigenvalue weighted by molar-refractivity contribution is -0.0521. The number of hydrogen-bond acceptors (Lipinski definition) is 4. The summed E-state index contributed by atoms with van der Waals surface area (Å²) in [6.45, 7) is -0.119. The summed E-state index contributed by atoms with van der Waals surface area (Å²) in [6.07, 6.45) is 1.26. The molecule has 2 rings (SSSR count). The van der Waals surface area contributed by atoms with Crippen molar-refractivity contribution in [2.45, 2.75) is 5.51 Å². The van der Waals surface area contributed by atoms with Gasteiger partial charge in [0.2, 0.25) is 0 Å². The van der Waals surface area contributed by atoms with Gasteiger partial charge in [0.25, 0.3) is 0 Å². The maximum absolute atomic E-state index is 12.1. The van der Waals surface area contributed by atoms with Crippen LogP contribution in [-0.4, -0.2) is 20.5 Å². The molecule has 1 heterocycles. The first kappa shape index (κ1) is 12.7. The number of nitrogens with one attached hydrogen (secondary N) is 1. The van der Waals surface area contributed by atoms with Crippen LogP contribution in [0.2, 0.25) is 0 Å². The van der Waals surface area contributed by atoms with E-state index in [0.717, 1.165) is 0 Å². The predicted molar refractivity (Wildman–Crippen MR) is 59.0 cm³/mol. The Hall–Kier alpha value is -1.70. The highest BCUT2D eigenvalue weighted by molar-refractivity contribution is 7.87. The summed E-state index contributed by atoms with van der Waals surface area (Å²) in [5.41, 5.74) is -4.16. The number of rotatable bonds is 2. The highest BCUT2D eigenvalue weighted by Crippen LogP contribution is 2.29. The van der Waals surface area contributed by atoms with Gasteiger partial charge in [-0.25, -0.2) is 0 Å². The van der Waals surface area contributed by atoms with Crippen LogP contribution < -0.4 is 5.32 Å². The van der Waals surface area contributed by atoms with Crippen LogP contribution in [0.5, 0.6) is 0 Å². The van der Waals surface area contributed by atoms with E-state index in [1.54, 1.807) is 24.3 Å². The minimum absolute atomic E-state index is 0.119. The Morgan fingerprint density at radius 3 is 2.56 bits per heavy atom. The fraction of sp³-hybridized carbons (Fsp3) is 0.200. The van der Waals surface area contributed by atoms with E-state index < -0.39 is 15.6 Å². The third-order valence-corrected chi connectivity index (χ3v) is 3.23. The van der Waals surface area contributed by atoms with Crippen molar-refractivity contribution in [3.63, 3.8) is 0 Å². The normalized spacial score (nSPS) is 15.4. The topological polar surface area (TPSA) is 55.4 Å². The maximum Gasteiger partial charge on any atom is 0.534 e. The smallest absolute Gasteiger partial charge is 0.379 e. The molecule has 0 aliphatic carbocycles. The van der Waals surface area contributed by atoms with E-state index >= 15 is 0 Å². The van der Waals surface area contributed by atoms with Gasteiger partial charge in [0.1, 0.15) is 5.76 Å². The van der Waals surface area contributed by atoms with Crippen molar-refractivity contribution in [1.82, 2.24) is 0 Å². The van der Waals surface area contributed by atoms with Crippen LogP contribution in [0, 0.1) is 0 Å². The van der Waals surface area contributed by atoms with Gasteiger partial charge >= 0.3 is 15.6 Å². The third-order valence-electron chi connectivity index (χ3n) is 2.23. The van der Waals surface area contributed by atoms with E-state index in [1.165, 1.54) is 6.08 Å². The molecular formula is C10H8F3NO3S. The fourth-order valence-corrected chi connectivity index (χ4v) is 1.92. The molecule has 98 valence electrons. The number of para-hydroxylation sites is 1. The quantitative estimate of drug-likeness (QED) is 0.666. The zero-order chi connectivity index (χ0) is 13.4. The average molecular weight is 279 g/mol. The Labute approximate surface area is 101 Å². The van der Waals surface area contributed by atoms with Gasteiger partial charge in [-0.1, -0.05) is 18.2 Å². The Balaban J connectivity index is 2.26. The summed E-state index contributed by atoms with van der Waals surface area (Å²) in [7, 11) is -5.61. The second kappa shape index (κ2) is 4.20. The first-order valence-electron chi connectivity index (χ1n) is 4.84. The Morgan fingerprint density at radius 1 is 1.22 bits per heavy atom. The lowest BCUT2D eigenvalue weighted by Crippen LogP contribution is -2.27. The molecule has 0 aromatic heterocycles. The Kier molecular flexibility index (Phi) is 2.97. The Morgan fingerprint density at radius 2 is 1.89 bits per heavy atom. The summed E-state index contributed by atoms with van der Waals surface area (Å²) >= 11 is 0. The summed E-state index contributed by atoms with van der Waals surface area (Å²) in [6, 6.07) is 6.78. The van der Waals surface area contributed by atoms with Gasteiger partial charge in [-0.2, -0.15) is 21.6 Å². The van der Waals surface area contributed by atoms with Crippen molar-refractivity contribution in [3.05, 3.63) is 35.6 Å². The van der Waals surface area contributed by atoms with Crippen LogP contribution in [0.4, 0.5) is 18.9 Å². The third kappa shape index (κ3) is 2.42. The van der Waals surface area contributed by atoms with Gasteiger partial charge in [-0.3, -0.25) is 0 Å². The zero-order valence-electron chi connectivity index (χ0n) is 8.86. The lowest BCUT2D eigenvalue weighted by Gasteiger charge is -2.19. The molecule has 1 aromatic carbocycles. The number of hydrogen-bond donors (Lipinski definition) is 1. The van der Waals surface area contributed by atoms with Crippen LogP contribution in [-0.2, 0) is 14.3 Å². The molecule has 1 aliphatic rings. The molecule has 1 N–H and O–H groups in total. The van der Waals surface area contributed by atoms with E-state index in [4.69, 9.17) is 0 Å². The van der Waals surface area contributed by atoms with Crippen molar-refractivity contribution in [1.29, 1.82) is 0 Å². The number of anilines is 1. The molecule has 18 heavy (non-hydrogen) atoms. The van der Waals surface area contributed by atoms with E-state index in [0.29, 0.717) is 11.3 Å². The molecule has 0 amide bonds. The molecular weight excluding hydrogens is 271 g/mol. The predicted octanol–water partition coefficient (Wildman–Crippen LogP) is 2.32. The number of fused-ring (bicyclic) bond motifs is 1. The van der Waals surface area contributed by atoms with Gasteiger partial charge in [0.05, 0.1) is 6.54 Å². The van der Waals surface area contributed by atoms with E-state index in [-0.39, 0.29) is 12.3 Å². The zero-order valence-corrected chi connectivity index (χ0v) is 9.68. The molecule has 0 bridgehead atoms. The second-order valence-electron chi connectivity index (χ2n) is 3.53. The highest BCUT2D eigenvalue weighted by Gasteiger charge is 2.48. The highest BCUT2D eigenvalue weighted by atomic mass is 32.2. The standard InChI is InChI=1S/C10H8F3NO3S/c11-10(12,13)18(15,16)17-8-5-7-3-1-2-4-9(7)14-6-8/h1-5,14H,6H2. The summed E-state index contributed by atoms with van der Waals surface area (Å²) in [4.78, 5) is 0. The number of benzene rings is 1. The van der Waals surface area contributed by atoms with Crippen molar-refractivity contribution in [3.8, 4) is 0 Å². The minimum atomic E-state index is -5.61. The molecule has 1 aliphatic heterocycles. The van der Waals surface area contributed by atoms with Crippen molar-refractivity contribution >= 4 is 21.9 Å². The van der Waals surface area contributed by atoms with Crippen LogP contribution in [0.15, 0.2) is 30.0 Å². The molecule has 0 saturated carbocycles. The van der Waals surface area contributed by atoms with Crippen LogP contribution in [0.25, 0.3) is 6.08 Å². The molecule has 0 fully saturated rings. The van der Waals surface area contributed by atoms with Crippen molar-refractivity contribution < 1.29 is 25.8 Å². The van der Waals surface area contributed by atoms with E-state index in [9.17, 15) is 21.6 Å². The number of alkyl halides is 3. The minimum Gasteiger partial charge on any atom is -0.379 e. The van der Waals surface area contributed by atoms with Gasteiger partial charge in [0.15, 0.2) is 0 Å². The van der Waals surface area contributed by atoms with Crippen LogP contribution >= 0.6 is 0 Å². The Bertz CT molecular complexity index is 593. The first-order chi connectivity index (χ1) is 8.29. The van der Waals surface area contributed by atoms with Gasteiger partial charge < -0.3 is 9.50 Å². The number of halogens is 3. The monoisotopic (exact) mass is 279 g/mol. The average Bonchev–Trinajstić information content (AvgIpc) is 2.27. The maximum atomic E-state index is 12.1. The van der Waals surface area contributed by atoms with Gasteiger partial charge in [-0.15, -0.1) is 0 Å². The molecule has 8 heteroatoms. The first-order valence-corrected chi connectivity index (χ1v) is 6.25. The summed E-state index contributed by atoms with van der Waals surface area (Å²) < 4.78 is 62.0. The van der Waals surface area contributed by atoms with Crippen LogP contribution in [0.1, 0.15) is 5.56 Å². The van der Waals surface area contributed by atoms with Crippen molar-refractivity contribution in [2.75, 3.05) is 11.9 Å². The fourth-order valence-electron chi connectivity index (χ4n) is 1.43. The molecule has 0 spiro atoms. The molecule has 0 radical (unpaired) electrons. The molecule has 0 saturated heterocycles.